The third-order valence-corrected chi connectivity index (χ3v) is 0.958. The molecule has 0 spiro atoms. The molecule has 0 aliphatic rings. The first-order valence-electron chi connectivity index (χ1n) is 3.42. The van der Waals surface area contributed by atoms with Crippen molar-refractivity contribution in [2.45, 2.75) is 0 Å². The molecule has 1 rings (SSSR count). The average molecular weight is 176 g/mol. The van der Waals surface area contributed by atoms with E-state index in [1.807, 2.05) is 0 Å². The van der Waals surface area contributed by atoms with Crippen molar-refractivity contribution in [1.29, 1.82) is 0 Å². The number of aromatic nitrogens is 1. The second-order valence-electron chi connectivity index (χ2n) is 1.18. The van der Waals surface area contributed by atoms with Crippen LogP contribution in [-0.2, 0) is 0 Å². The zero-order valence-electron chi connectivity index (χ0n) is 6.90. The van der Waals surface area contributed by atoms with Crippen LogP contribution in [-0.4, -0.2) is 4.98 Å². The summed E-state index contributed by atoms with van der Waals surface area (Å²) < 4.78 is 21.7. The van der Waals surface area contributed by atoms with Crippen molar-refractivity contribution >= 4 is 21.6 Å². The van der Waals surface area contributed by atoms with Gasteiger partial charge in [0.25, 0.3) is 0 Å². The Morgan fingerprint density at radius 2 is 2.62 bits per heavy atom. The summed E-state index contributed by atoms with van der Waals surface area (Å²) in [6.45, 7) is 0. The minimum Gasteiger partial charge on any atom is -0.399 e. The van der Waals surface area contributed by atoms with Gasteiger partial charge in [-0.15, -0.1) is 0 Å². The highest BCUT2D eigenvalue weighted by atomic mass is 79.9. The van der Waals surface area contributed by atoms with E-state index >= 15 is 0 Å². The lowest BCUT2D eigenvalue weighted by Crippen LogP contribution is -1.83. The molecule has 0 aromatic carbocycles. The zero-order valence-corrected chi connectivity index (χ0v) is 5.49. The van der Waals surface area contributed by atoms with Gasteiger partial charge in [0.1, 0.15) is 4.60 Å². The summed E-state index contributed by atoms with van der Waals surface area (Å²) in [6.07, 6.45) is -0.217. The van der Waals surface area contributed by atoms with Crippen LogP contribution in [0, 0.1) is 0 Å². The first kappa shape index (κ1) is 2.82. The number of halogens is 1. The largest absolute Gasteiger partial charge is 0.399 e. The highest BCUT2D eigenvalue weighted by Crippen LogP contribution is 2.07. The second kappa shape index (κ2) is 2.13. The maximum atomic E-state index is 7.24. The molecular formula is C5H5BrN2. The lowest BCUT2D eigenvalue weighted by atomic mass is 10.4. The Bertz CT molecular complexity index is 276. The van der Waals surface area contributed by atoms with Crippen LogP contribution in [0.5, 0.6) is 0 Å². The minimum atomic E-state index is -0.217. The van der Waals surface area contributed by atoms with Gasteiger partial charge < -0.3 is 5.73 Å². The summed E-state index contributed by atoms with van der Waals surface area (Å²) in [5, 5.41) is 0. The van der Waals surface area contributed by atoms with Gasteiger partial charge in [0.15, 0.2) is 0 Å². The molecule has 1 heterocycles. The van der Waals surface area contributed by atoms with Crippen LogP contribution in [0.2, 0.25) is 0 Å². The lowest BCUT2D eigenvalue weighted by Gasteiger charge is -1.88. The lowest BCUT2D eigenvalue weighted by molar-refractivity contribution is 1.28. The highest BCUT2D eigenvalue weighted by molar-refractivity contribution is 9.10. The van der Waals surface area contributed by atoms with E-state index < -0.39 is 0 Å². The van der Waals surface area contributed by atoms with Crippen LogP contribution in [0.15, 0.2) is 22.9 Å². The number of nitrogens with two attached hydrogens (primary N) is 1. The van der Waals surface area contributed by atoms with E-state index in [2.05, 4.69) is 20.9 Å². The summed E-state index contributed by atoms with van der Waals surface area (Å²) in [5.74, 6) is 0. The van der Waals surface area contributed by atoms with Crippen LogP contribution in [0.3, 0.4) is 0 Å². The van der Waals surface area contributed by atoms with Crippen molar-refractivity contribution < 1.29 is 4.11 Å². The smallest absolute Gasteiger partial charge is 0.108 e. The van der Waals surface area contributed by atoms with Crippen LogP contribution in [0.4, 0.5) is 5.69 Å². The predicted octanol–water partition coefficient (Wildman–Crippen LogP) is 1.43. The molecule has 1 aromatic heterocycles. The first-order chi connectivity index (χ1) is 5.04. The van der Waals surface area contributed by atoms with Gasteiger partial charge in [-0.05, 0) is 28.0 Å². The number of pyridine rings is 1. The fourth-order valence-electron chi connectivity index (χ4n) is 0.308. The van der Waals surface area contributed by atoms with Gasteiger partial charge in [-0.2, -0.15) is 0 Å². The molecule has 0 unspecified atom stereocenters. The molecule has 0 amide bonds. The number of anilines is 1. The summed E-state index contributed by atoms with van der Waals surface area (Å²) >= 11 is 2.95. The van der Waals surface area contributed by atoms with Gasteiger partial charge in [0.05, 0.1) is 4.11 Å². The normalized spacial score (nSPS) is 14.4. The molecule has 0 atom stereocenters. The SMILES string of the molecule is [2H]c1nc(Br)c([2H])c(N)c1[2H]. The van der Waals surface area contributed by atoms with Crippen molar-refractivity contribution in [3.63, 3.8) is 0 Å². The van der Waals surface area contributed by atoms with Crippen LogP contribution in [0.1, 0.15) is 4.11 Å². The van der Waals surface area contributed by atoms with E-state index in [1.165, 1.54) is 0 Å². The van der Waals surface area contributed by atoms with Crippen LogP contribution >= 0.6 is 15.9 Å². The minimum absolute atomic E-state index is 0.0168. The molecule has 0 saturated heterocycles. The van der Waals surface area contributed by atoms with Crippen molar-refractivity contribution in [2.24, 2.45) is 0 Å². The van der Waals surface area contributed by atoms with Gasteiger partial charge >= 0.3 is 0 Å². The van der Waals surface area contributed by atoms with Crippen LogP contribution in [0.25, 0.3) is 0 Å². The quantitative estimate of drug-likeness (QED) is 0.607. The molecule has 0 bridgehead atoms. The number of rotatable bonds is 0. The molecule has 0 aliphatic heterocycles. The molecule has 0 fully saturated rings. The van der Waals surface area contributed by atoms with Crippen molar-refractivity contribution in [3.8, 4) is 0 Å². The third-order valence-electron chi connectivity index (χ3n) is 0.582. The molecule has 8 heavy (non-hydrogen) atoms. The zero-order chi connectivity index (χ0) is 8.59. The van der Waals surface area contributed by atoms with Gasteiger partial charge in [-0.25, -0.2) is 4.98 Å². The van der Waals surface area contributed by atoms with Crippen molar-refractivity contribution in [2.75, 3.05) is 5.73 Å². The number of hydrogen-bond donors (Lipinski definition) is 1. The van der Waals surface area contributed by atoms with Gasteiger partial charge in [0.2, 0.25) is 0 Å². The van der Waals surface area contributed by atoms with Crippen molar-refractivity contribution in [1.82, 2.24) is 4.98 Å². The molecular weight excluding hydrogens is 168 g/mol. The van der Waals surface area contributed by atoms with E-state index in [-0.39, 0.29) is 28.5 Å². The monoisotopic (exact) mass is 175 g/mol. The van der Waals surface area contributed by atoms with Crippen LogP contribution < -0.4 is 5.73 Å². The Morgan fingerprint density at radius 1 is 1.88 bits per heavy atom. The Hall–Kier alpha value is -0.570. The Morgan fingerprint density at radius 3 is 3.38 bits per heavy atom. The average Bonchev–Trinajstić information content (AvgIpc) is 1.97. The Kier molecular flexibility index (Phi) is 0.753. The highest BCUT2D eigenvalue weighted by Gasteiger charge is 1.84. The van der Waals surface area contributed by atoms with E-state index in [4.69, 9.17) is 9.85 Å². The summed E-state index contributed by atoms with van der Waals surface area (Å²) in [4.78, 5) is 3.56. The van der Waals surface area contributed by atoms with Gasteiger partial charge in [-0.3, -0.25) is 0 Å². The van der Waals surface area contributed by atoms with E-state index in [0.717, 1.165) is 0 Å². The summed E-state index contributed by atoms with van der Waals surface area (Å²) in [7, 11) is 0. The Labute approximate surface area is 60.1 Å². The number of nitrogens with zero attached hydrogens (tertiary/aromatic N) is 1. The summed E-state index contributed by atoms with van der Waals surface area (Å²) in [5.41, 5.74) is 5.30. The van der Waals surface area contributed by atoms with E-state index in [9.17, 15) is 0 Å². The maximum absolute atomic E-state index is 7.24. The van der Waals surface area contributed by atoms with E-state index in [0.29, 0.717) is 0 Å². The topological polar surface area (TPSA) is 38.9 Å². The molecule has 42 valence electrons. The molecule has 2 nitrogen and oxygen atoms in total. The number of hydrogen-bond acceptors (Lipinski definition) is 2. The molecule has 0 saturated carbocycles. The predicted molar refractivity (Wildman–Crippen MR) is 36.3 cm³/mol. The summed E-state index contributed by atoms with van der Waals surface area (Å²) in [6, 6.07) is -0.232. The van der Waals surface area contributed by atoms with Gasteiger partial charge in [0, 0.05) is 11.9 Å². The first-order valence-corrected chi connectivity index (χ1v) is 2.72. The van der Waals surface area contributed by atoms with Gasteiger partial charge in [-0.1, -0.05) is 0 Å². The second-order valence-corrected chi connectivity index (χ2v) is 1.93. The Balaban J connectivity index is 3.46. The fourth-order valence-corrected chi connectivity index (χ4v) is 0.610. The molecule has 0 aliphatic carbocycles. The standard InChI is InChI=1S/C5H5BrN2/c6-5-3-4(7)1-2-8-5/h1-3H,(H2,7,8)/i1D,2D,3D. The molecule has 0 radical (unpaired) electrons. The third kappa shape index (κ3) is 1.20. The fraction of sp³-hybridized carbons (Fsp3) is 0. The molecule has 3 heteroatoms. The van der Waals surface area contributed by atoms with Crippen molar-refractivity contribution in [3.05, 3.63) is 22.9 Å². The maximum Gasteiger partial charge on any atom is 0.108 e. The molecule has 1 aromatic rings. The van der Waals surface area contributed by atoms with E-state index in [1.54, 1.807) is 0 Å². The molecule has 2 N–H and O–H groups in total. The number of nitrogen functional groups attached to an aromatic ring is 1.